The lowest BCUT2D eigenvalue weighted by molar-refractivity contribution is -0.137. The average molecular weight is 327 g/mol. The number of rotatable bonds is 4. The summed E-state index contributed by atoms with van der Waals surface area (Å²) < 4.78 is 0. The predicted molar refractivity (Wildman–Crippen MR) is 87.8 cm³/mol. The van der Waals surface area contributed by atoms with Gasteiger partial charge in [-0.25, -0.2) is 0 Å². The van der Waals surface area contributed by atoms with Gasteiger partial charge in [-0.2, -0.15) is 0 Å². The molecule has 0 saturated carbocycles. The Balaban J connectivity index is 0.00000242. The number of carbonyl (C=O) groups excluding carboxylic acids is 1. The van der Waals surface area contributed by atoms with Crippen LogP contribution in [0.4, 0.5) is 0 Å². The van der Waals surface area contributed by atoms with Gasteiger partial charge in [0.2, 0.25) is 0 Å². The number of carboxylic acid groups (broad SMARTS) is 1. The van der Waals surface area contributed by atoms with Gasteiger partial charge in [0.05, 0.1) is 6.42 Å². The van der Waals surface area contributed by atoms with Crippen LogP contribution in [-0.2, 0) is 4.79 Å². The first-order valence-corrected chi connectivity index (χ1v) is 7.27. The normalized spacial score (nSPS) is 15.3. The van der Waals surface area contributed by atoms with E-state index in [-0.39, 0.29) is 24.7 Å². The number of aryl methyl sites for hydroxylation is 2. The van der Waals surface area contributed by atoms with Crippen molar-refractivity contribution in [1.82, 2.24) is 9.80 Å². The van der Waals surface area contributed by atoms with Crippen LogP contribution in [0.5, 0.6) is 0 Å². The van der Waals surface area contributed by atoms with Crippen molar-refractivity contribution in [3.8, 4) is 0 Å². The minimum absolute atomic E-state index is 0. The number of piperazine rings is 1. The van der Waals surface area contributed by atoms with Crippen LogP contribution < -0.4 is 0 Å². The molecular weight excluding hydrogens is 304 g/mol. The van der Waals surface area contributed by atoms with E-state index >= 15 is 0 Å². The van der Waals surface area contributed by atoms with Crippen molar-refractivity contribution in [2.45, 2.75) is 20.3 Å². The minimum Gasteiger partial charge on any atom is -0.481 e. The van der Waals surface area contributed by atoms with E-state index in [0.717, 1.165) is 29.8 Å². The van der Waals surface area contributed by atoms with Crippen LogP contribution in [0.1, 0.15) is 27.9 Å². The van der Waals surface area contributed by atoms with Crippen molar-refractivity contribution >= 4 is 24.3 Å². The van der Waals surface area contributed by atoms with Gasteiger partial charge in [0, 0.05) is 38.3 Å². The lowest BCUT2D eigenvalue weighted by atomic mass is 10.1. The van der Waals surface area contributed by atoms with E-state index in [9.17, 15) is 9.59 Å². The number of nitrogens with zero attached hydrogens (tertiary/aromatic N) is 2. The molecule has 0 radical (unpaired) electrons. The van der Waals surface area contributed by atoms with Gasteiger partial charge in [0.1, 0.15) is 0 Å². The molecule has 1 saturated heterocycles. The van der Waals surface area contributed by atoms with Crippen molar-refractivity contribution in [3.63, 3.8) is 0 Å². The van der Waals surface area contributed by atoms with Gasteiger partial charge < -0.3 is 10.0 Å². The molecule has 0 aromatic heterocycles. The molecule has 5 nitrogen and oxygen atoms in total. The van der Waals surface area contributed by atoms with Crippen molar-refractivity contribution in [1.29, 1.82) is 0 Å². The molecule has 1 aromatic rings. The minimum atomic E-state index is -0.774. The Labute approximate surface area is 137 Å². The van der Waals surface area contributed by atoms with E-state index in [1.54, 1.807) is 0 Å². The van der Waals surface area contributed by atoms with E-state index in [4.69, 9.17) is 5.11 Å². The van der Waals surface area contributed by atoms with E-state index in [0.29, 0.717) is 19.6 Å². The zero-order valence-corrected chi connectivity index (χ0v) is 13.9. The zero-order chi connectivity index (χ0) is 15.4. The Bertz CT molecular complexity index is 520. The Morgan fingerprint density at radius 1 is 1.05 bits per heavy atom. The summed E-state index contributed by atoms with van der Waals surface area (Å²) >= 11 is 0. The summed E-state index contributed by atoms with van der Waals surface area (Å²) in [7, 11) is 0. The summed E-state index contributed by atoms with van der Waals surface area (Å²) in [6.07, 6.45) is 0.158. The first kappa shape index (κ1) is 18.5. The molecule has 0 bridgehead atoms. The lowest BCUT2D eigenvalue weighted by Gasteiger charge is -2.34. The summed E-state index contributed by atoms with van der Waals surface area (Å²) in [4.78, 5) is 27.0. The molecule has 1 amide bonds. The monoisotopic (exact) mass is 326 g/mol. The molecule has 6 heteroatoms. The van der Waals surface area contributed by atoms with Gasteiger partial charge in [0.25, 0.3) is 5.91 Å². The number of benzene rings is 1. The molecule has 1 N–H and O–H groups in total. The van der Waals surface area contributed by atoms with Gasteiger partial charge in [-0.05, 0) is 26.0 Å². The Hall–Kier alpha value is -1.59. The van der Waals surface area contributed by atoms with Gasteiger partial charge in [-0.1, -0.05) is 17.2 Å². The number of amides is 1. The molecule has 0 atom stereocenters. The molecule has 0 unspecified atom stereocenters. The number of hydrogen-bond donors (Lipinski definition) is 1. The van der Waals surface area contributed by atoms with Crippen LogP contribution >= 0.6 is 12.4 Å². The summed E-state index contributed by atoms with van der Waals surface area (Å²) in [5.74, 6) is -0.705. The highest BCUT2D eigenvalue weighted by Gasteiger charge is 2.22. The van der Waals surface area contributed by atoms with Gasteiger partial charge in [-0.3, -0.25) is 14.5 Å². The maximum atomic E-state index is 12.5. The zero-order valence-electron chi connectivity index (χ0n) is 13.0. The highest BCUT2D eigenvalue weighted by molar-refractivity contribution is 5.94. The first-order chi connectivity index (χ1) is 9.95. The van der Waals surface area contributed by atoms with Crippen LogP contribution in [0.25, 0.3) is 0 Å². The Kier molecular flexibility index (Phi) is 6.84. The average Bonchev–Trinajstić information content (AvgIpc) is 2.44. The molecule has 0 spiro atoms. The molecule has 1 aliphatic rings. The Morgan fingerprint density at radius 2 is 1.59 bits per heavy atom. The molecule has 1 aliphatic heterocycles. The molecule has 122 valence electrons. The number of halogens is 1. The summed E-state index contributed by atoms with van der Waals surface area (Å²) in [5, 5.41) is 8.69. The SMILES string of the molecule is Cc1cc(C)cc(C(=O)N2CCN(CCC(=O)O)CC2)c1.Cl. The van der Waals surface area contributed by atoms with E-state index in [1.807, 2.05) is 30.9 Å². The lowest BCUT2D eigenvalue weighted by Crippen LogP contribution is -2.49. The van der Waals surface area contributed by atoms with E-state index in [1.165, 1.54) is 0 Å². The molecule has 22 heavy (non-hydrogen) atoms. The smallest absolute Gasteiger partial charge is 0.304 e. The number of carbonyl (C=O) groups is 2. The molecular formula is C16H23ClN2O3. The van der Waals surface area contributed by atoms with Crippen LogP contribution in [0.2, 0.25) is 0 Å². The quantitative estimate of drug-likeness (QED) is 0.919. The van der Waals surface area contributed by atoms with Crippen LogP contribution in [0.3, 0.4) is 0 Å². The molecule has 2 rings (SSSR count). The van der Waals surface area contributed by atoms with Crippen molar-refractivity contribution in [3.05, 3.63) is 34.9 Å². The van der Waals surface area contributed by atoms with Gasteiger partial charge >= 0.3 is 5.97 Å². The Morgan fingerprint density at radius 3 is 2.09 bits per heavy atom. The molecule has 1 aromatic carbocycles. The summed E-state index contributed by atoms with van der Waals surface area (Å²) in [6.45, 7) is 7.34. The maximum absolute atomic E-state index is 12.5. The third-order valence-electron chi connectivity index (χ3n) is 3.77. The van der Waals surface area contributed by atoms with Gasteiger partial charge in [-0.15, -0.1) is 12.4 Å². The molecule has 0 aliphatic carbocycles. The fraction of sp³-hybridized carbons (Fsp3) is 0.500. The second-order valence-electron chi connectivity index (χ2n) is 5.65. The third-order valence-corrected chi connectivity index (χ3v) is 3.77. The second-order valence-corrected chi connectivity index (χ2v) is 5.65. The predicted octanol–water partition coefficient (Wildman–Crippen LogP) is 1.96. The topological polar surface area (TPSA) is 60.9 Å². The third kappa shape index (κ3) is 5.00. The highest BCUT2D eigenvalue weighted by Crippen LogP contribution is 2.13. The summed E-state index contributed by atoms with van der Waals surface area (Å²) in [6, 6.07) is 5.90. The van der Waals surface area contributed by atoms with Crippen LogP contribution in [0.15, 0.2) is 18.2 Å². The number of hydrogen-bond acceptors (Lipinski definition) is 3. The largest absolute Gasteiger partial charge is 0.481 e. The summed E-state index contributed by atoms with van der Waals surface area (Å²) in [5.41, 5.74) is 2.93. The number of aliphatic carboxylic acids is 1. The highest BCUT2D eigenvalue weighted by atomic mass is 35.5. The van der Waals surface area contributed by atoms with Crippen LogP contribution in [0, 0.1) is 13.8 Å². The van der Waals surface area contributed by atoms with Gasteiger partial charge in [0.15, 0.2) is 0 Å². The van der Waals surface area contributed by atoms with E-state index in [2.05, 4.69) is 11.0 Å². The van der Waals surface area contributed by atoms with Crippen molar-refractivity contribution in [2.24, 2.45) is 0 Å². The standard InChI is InChI=1S/C16H22N2O3.ClH/c1-12-9-13(2)11-14(10-12)16(21)18-7-5-17(6-8-18)4-3-15(19)20;/h9-11H,3-8H2,1-2H3,(H,19,20);1H. The second kappa shape index (κ2) is 8.15. The molecule has 1 fully saturated rings. The molecule has 1 heterocycles. The van der Waals surface area contributed by atoms with Crippen molar-refractivity contribution < 1.29 is 14.7 Å². The fourth-order valence-corrected chi connectivity index (χ4v) is 2.71. The van der Waals surface area contributed by atoms with E-state index < -0.39 is 5.97 Å². The van der Waals surface area contributed by atoms with Crippen LogP contribution in [-0.4, -0.2) is 59.5 Å². The number of carboxylic acids is 1. The fourth-order valence-electron chi connectivity index (χ4n) is 2.71. The first-order valence-electron chi connectivity index (χ1n) is 7.27. The maximum Gasteiger partial charge on any atom is 0.304 e. The van der Waals surface area contributed by atoms with Crippen molar-refractivity contribution in [2.75, 3.05) is 32.7 Å².